The molecule has 0 amide bonds. The van der Waals surface area contributed by atoms with Gasteiger partial charge in [0.2, 0.25) is 0 Å². The highest BCUT2D eigenvalue weighted by atomic mass is 15.1. The molecule has 0 aliphatic heterocycles. The zero-order chi connectivity index (χ0) is 13.5. The molecule has 100 valence electrons. The Morgan fingerprint density at radius 3 is 2.58 bits per heavy atom. The van der Waals surface area contributed by atoms with E-state index < -0.39 is 0 Å². The Labute approximate surface area is 114 Å². The molecule has 1 N–H and O–H groups in total. The number of likely N-dealkylation sites (N-methyl/N-ethyl adjacent to an activating group) is 1. The molecule has 0 spiro atoms. The van der Waals surface area contributed by atoms with Crippen molar-refractivity contribution in [2.24, 2.45) is 0 Å². The fourth-order valence-electron chi connectivity index (χ4n) is 1.99. The highest BCUT2D eigenvalue weighted by Gasteiger charge is 2.11. The van der Waals surface area contributed by atoms with E-state index in [2.05, 4.69) is 58.5 Å². The molecule has 0 saturated heterocycles. The van der Waals surface area contributed by atoms with Crippen LogP contribution in [-0.4, -0.2) is 35.5 Å². The van der Waals surface area contributed by atoms with E-state index in [1.54, 1.807) is 12.5 Å². The van der Waals surface area contributed by atoms with E-state index in [4.69, 9.17) is 0 Å². The molecule has 2 aromatic rings. The molecule has 0 radical (unpaired) electrons. The molecule has 0 fully saturated rings. The summed E-state index contributed by atoms with van der Waals surface area (Å²) in [6, 6.07) is 12.7. The molecular weight excluding hydrogens is 236 g/mol. The topological polar surface area (TPSA) is 41.0 Å². The first-order valence-corrected chi connectivity index (χ1v) is 6.43. The van der Waals surface area contributed by atoms with Crippen molar-refractivity contribution in [1.82, 2.24) is 20.2 Å². The van der Waals surface area contributed by atoms with Gasteiger partial charge in [-0.2, -0.15) is 0 Å². The minimum Gasteiger partial charge on any atom is -0.308 e. The molecule has 4 nitrogen and oxygen atoms in total. The Balaban J connectivity index is 2.02. The zero-order valence-corrected chi connectivity index (χ0v) is 11.5. The summed E-state index contributed by atoms with van der Waals surface area (Å²) < 4.78 is 0. The van der Waals surface area contributed by atoms with Crippen LogP contribution in [0.5, 0.6) is 0 Å². The van der Waals surface area contributed by atoms with E-state index in [0.29, 0.717) is 6.04 Å². The molecule has 1 atom stereocenters. The van der Waals surface area contributed by atoms with Crippen LogP contribution in [0.25, 0.3) is 0 Å². The van der Waals surface area contributed by atoms with Gasteiger partial charge in [0.05, 0.1) is 5.69 Å². The van der Waals surface area contributed by atoms with Gasteiger partial charge in [-0.25, -0.2) is 9.97 Å². The van der Waals surface area contributed by atoms with Crippen LogP contribution in [0.2, 0.25) is 0 Å². The molecule has 0 aliphatic carbocycles. The number of hydrogen-bond acceptors (Lipinski definition) is 4. The van der Waals surface area contributed by atoms with Gasteiger partial charge in [-0.15, -0.1) is 0 Å². The van der Waals surface area contributed by atoms with Gasteiger partial charge in [0.1, 0.15) is 6.33 Å². The molecular formula is C15H20N4. The van der Waals surface area contributed by atoms with Crippen molar-refractivity contribution in [2.75, 3.05) is 20.6 Å². The maximum absolute atomic E-state index is 4.24. The van der Waals surface area contributed by atoms with Gasteiger partial charge in [0, 0.05) is 25.3 Å². The second-order valence-corrected chi connectivity index (χ2v) is 4.81. The first-order valence-electron chi connectivity index (χ1n) is 6.43. The standard InChI is InChI=1S/C15H20N4/c1-19(2)11-15(13-6-4-3-5-7-13)17-10-14-8-9-16-12-18-14/h3-9,12,15,17H,10-11H2,1-2H3. The molecule has 0 saturated carbocycles. The summed E-state index contributed by atoms with van der Waals surface area (Å²) in [6.45, 7) is 1.70. The summed E-state index contributed by atoms with van der Waals surface area (Å²) in [4.78, 5) is 10.4. The summed E-state index contributed by atoms with van der Waals surface area (Å²) in [5.41, 5.74) is 2.31. The molecule has 0 bridgehead atoms. The summed E-state index contributed by atoms with van der Waals surface area (Å²) in [7, 11) is 4.17. The van der Waals surface area contributed by atoms with Crippen LogP contribution in [-0.2, 0) is 6.54 Å². The van der Waals surface area contributed by atoms with Gasteiger partial charge in [-0.3, -0.25) is 0 Å². The van der Waals surface area contributed by atoms with Crippen molar-refractivity contribution < 1.29 is 0 Å². The molecule has 4 heteroatoms. The van der Waals surface area contributed by atoms with Crippen LogP contribution in [0.15, 0.2) is 48.9 Å². The number of nitrogens with one attached hydrogen (secondary N) is 1. The molecule has 19 heavy (non-hydrogen) atoms. The second-order valence-electron chi connectivity index (χ2n) is 4.81. The third-order valence-corrected chi connectivity index (χ3v) is 2.92. The SMILES string of the molecule is CN(C)CC(NCc1ccncn1)c1ccccc1. The van der Waals surface area contributed by atoms with E-state index in [9.17, 15) is 0 Å². The van der Waals surface area contributed by atoms with Crippen LogP contribution in [0.4, 0.5) is 0 Å². The molecule has 1 unspecified atom stereocenters. The molecule has 2 rings (SSSR count). The first kappa shape index (κ1) is 13.6. The summed E-state index contributed by atoms with van der Waals surface area (Å²) in [6.07, 6.45) is 3.36. The Hall–Kier alpha value is -1.78. The smallest absolute Gasteiger partial charge is 0.115 e. The van der Waals surface area contributed by atoms with Gasteiger partial charge in [-0.1, -0.05) is 30.3 Å². The van der Waals surface area contributed by atoms with Gasteiger partial charge in [0.15, 0.2) is 0 Å². The fourth-order valence-corrected chi connectivity index (χ4v) is 1.99. The summed E-state index contributed by atoms with van der Waals surface area (Å²) in [5.74, 6) is 0. The number of nitrogens with zero attached hydrogens (tertiary/aromatic N) is 3. The van der Waals surface area contributed by atoms with E-state index in [-0.39, 0.29) is 0 Å². The monoisotopic (exact) mass is 256 g/mol. The lowest BCUT2D eigenvalue weighted by molar-refractivity contribution is 0.340. The minimum atomic E-state index is 0.297. The van der Waals surface area contributed by atoms with Crippen LogP contribution >= 0.6 is 0 Å². The number of rotatable bonds is 6. The predicted octanol–water partition coefficient (Wildman–Crippen LogP) is 1.87. The van der Waals surface area contributed by atoms with Crippen molar-refractivity contribution in [3.8, 4) is 0 Å². The average molecular weight is 256 g/mol. The van der Waals surface area contributed by atoms with Crippen molar-refractivity contribution in [3.63, 3.8) is 0 Å². The molecule has 1 aromatic heterocycles. The number of hydrogen-bond donors (Lipinski definition) is 1. The maximum Gasteiger partial charge on any atom is 0.115 e. The van der Waals surface area contributed by atoms with E-state index in [0.717, 1.165) is 18.8 Å². The normalized spacial score (nSPS) is 12.6. The van der Waals surface area contributed by atoms with Gasteiger partial charge in [0.25, 0.3) is 0 Å². The van der Waals surface area contributed by atoms with E-state index in [1.807, 2.05) is 12.1 Å². The van der Waals surface area contributed by atoms with E-state index >= 15 is 0 Å². The Kier molecular flexibility index (Phi) is 5.01. The van der Waals surface area contributed by atoms with Crippen LogP contribution in [0, 0.1) is 0 Å². The number of aromatic nitrogens is 2. The largest absolute Gasteiger partial charge is 0.308 e. The van der Waals surface area contributed by atoms with Crippen molar-refractivity contribution in [1.29, 1.82) is 0 Å². The predicted molar refractivity (Wildman–Crippen MR) is 76.6 cm³/mol. The minimum absolute atomic E-state index is 0.297. The summed E-state index contributed by atoms with van der Waals surface area (Å²) in [5, 5.41) is 3.55. The third kappa shape index (κ3) is 4.43. The fraction of sp³-hybridized carbons (Fsp3) is 0.333. The Morgan fingerprint density at radius 1 is 1.16 bits per heavy atom. The highest BCUT2D eigenvalue weighted by molar-refractivity contribution is 5.19. The Morgan fingerprint density at radius 2 is 1.95 bits per heavy atom. The van der Waals surface area contributed by atoms with Gasteiger partial charge in [-0.05, 0) is 25.7 Å². The molecule has 1 aromatic carbocycles. The lowest BCUT2D eigenvalue weighted by Crippen LogP contribution is -2.31. The maximum atomic E-state index is 4.24. The van der Waals surface area contributed by atoms with Crippen molar-refractivity contribution >= 4 is 0 Å². The first-order chi connectivity index (χ1) is 9.25. The Bertz CT molecular complexity index is 470. The zero-order valence-electron chi connectivity index (χ0n) is 11.5. The second kappa shape index (κ2) is 6.97. The van der Waals surface area contributed by atoms with Crippen LogP contribution in [0.1, 0.15) is 17.3 Å². The third-order valence-electron chi connectivity index (χ3n) is 2.92. The van der Waals surface area contributed by atoms with Crippen LogP contribution in [0.3, 0.4) is 0 Å². The van der Waals surface area contributed by atoms with Gasteiger partial charge < -0.3 is 10.2 Å². The lowest BCUT2D eigenvalue weighted by atomic mass is 10.1. The van der Waals surface area contributed by atoms with Crippen molar-refractivity contribution in [2.45, 2.75) is 12.6 Å². The highest BCUT2D eigenvalue weighted by Crippen LogP contribution is 2.13. The molecule has 0 aliphatic rings. The van der Waals surface area contributed by atoms with Crippen molar-refractivity contribution in [3.05, 3.63) is 60.2 Å². The van der Waals surface area contributed by atoms with Crippen LogP contribution < -0.4 is 5.32 Å². The lowest BCUT2D eigenvalue weighted by Gasteiger charge is -2.22. The number of benzene rings is 1. The average Bonchev–Trinajstić information content (AvgIpc) is 2.45. The van der Waals surface area contributed by atoms with Gasteiger partial charge >= 0.3 is 0 Å². The quantitative estimate of drug-likeness (QED) is 0.856. The molecule has 1 heterocycles. The summed E-state index contributed by atoms with van der Waals surface area (Å²) >= 11 is 0. The van der Waals surface area contributed by atoms with E-state index in [1.165, 1.54) is 5.56 Å².